The SMILES string of the molecule is CC(C)C(c1nc(-c2nccn2C)no1)C(C)N. The molecule has 2 aromatic heterocycles. The fourth-order valence-corrected chi connectivity index (χ4v) is 2.16. The molecule has 2 N–H and O–H groups in total. The van der Waals surface area contributed by atoms with Crippen LogP contribution in [-0.2, 0) is 7.05 Å². The Bertz CT molecular complexity index is 506. The summed E-state index contributed by atoms with van der Waals surface area (Å²) in [7, 11) is 1.89. The molecule has 0 aliphatic rings. The van der Waals surface area contributed by atoms with E-state index in [-0.39, 0.29) is 12.0 Å². The molecule has 2 rings (SSSR count). The highest BCUT2D eigenvalue weighted by atomic mass is 16.5. The third-order valence-corrected chi connectivity index (χ3v) is 3.03. The highest BCUT2D eigenvalue weighted by Crippen LogP contribution is 2.27. The lowest BCUT2D eigenvalue weighted by molar-refractivity contribution is 0.300. The molecule has 6 nitrogen and oxygen atoms in total. The van der Waals surface area contributed by atoms with Gasteiger partial charge in [0.05, 0.1) is 5.92 Å². The van der Waals surface area contributed by atoms with E-state index in [0.29, 0.717) is 23.5 Å². The molecule has 98 valence electrons. The summed E-state index contributed by atoms with van der Waals surface area (Å²) >= 11 is 0. The van der Waals surface area contributed by atoms with Crippen molar-refractivity contribution in [3.8, 4) is 11.6 Å². The van der Waals surface area contributed by atoms with Gasteiger partial charge in [-0.15, -0.1) is 0 Å². The van der Waals surface area contributed by atoms with Gasteiger partial charge in [0.1, 0.15) is 0 Å². The van der Waals surface area contributed by atoms with Crippen LogP contribution in [-0.4, -0.2) is 25.7 Å². The Labute approximate surface area is 106 Å². The van der Waals surface area contributed by atoms with Crippen molar-refractivity contribution in [3.05, 3.63) is 18.3 Å². The van der Waals surface area contributed by atoms with Gasteiger partial charge in [-0.1, -0.05) is 19.0 Å². The summed E-state index contributed by atoms with van der Waals surface area (Å²) in [6.07, 6.45) is 3.55. The summed E-state index contributed by atoms with van der Waals surface area (Å²) < 4.78 is 7.19. The second-order valence-corrected chi connectivity index (χ2v) is 4.95. The number of imidazole rings is 1. The van der Waals surface area contributed by atoms with Crippen LogP contribution in [0.15, 0.2) is 16.9 Å². The van der Waals surface area contributed by atoms with Crippen LogP contribution >= 0.6 is 0 Å². The van der Waals surface area contributed by atoms with Gasteiger partial charge in [-0.25, -0.2) is 4.98 Å². The maximum Gasteiger partial charge on any atom is 0.238 e. The van der Waals surface area contributed by atoms with Crippen LogP contribution in [0, 0.1) is 5.92 Å². The standard InChI is InChI=1S/C12H19N5O/c1-7(2)9(8(3)13)12-15-10(16-18-12)11-14-5-6-17(11)4/h5-9H,13H2,1-4H3. The quantitative estimate of drug-likeness (QED) is 0.889. The van der Waals surface area contributed by atoms with E-state index in [2.05, 4.69) is 29.0 Å². The first kappa shape index (κ1) is 12.8. The molecular formula is C12H19N5O. The van der Waals surface area contributed by atoms with Gasteiger partial charge in [-0.2, -0.15) is 4.98 Å². The molecule has 0 spiro atoms. The molecule has 2 atom stereocenters. The second-order valence-electron chi connectivity index (χ2n) is 4.95. The summed E-state index contributed by atoms with van der Waals surface area (Å²) in [5, 5.41) is 3.98. The van der Waals surface area contributed by atoms with E-state index in [1.165, 1.54) is 0 Å². The number of rotatable bonds is 4. The summed E-state index contributed by atoms with van der Waals surface area (Å²) in [6.45, 7) is 6.15. The van der Waals surface area contributed by atoms with Gasteiger partial charge in [0, 0.05) is 25.5 Å². The van der Waals surface area contributed by atoms with Crippen LogP contribution in [0.25, 0.3) is 11.6 Å². The van der Waals surface area contributed by atoms with Crippen molar-refractivity contribution >= 4 is 0 Å². The van der Waals surface area contributed by atoms with Crippen molar-refractivity contribution in [1.29, 1.82) is 0 Å². The molecule has 2 unspecified atom stereocenters. The first-order valence-electron chi connectivity index (χ1n) is 6.07. The van der Waals surface area contributed by atoms with Gasteiger partial charge < -0.3 is 14.8 Å². The predicted octanol–water partition coefficient (Wildman–Crippen LogP) is 1.56. The van der Waals surface area contributed by atoms with Crippen LogP contribution in [0.2, 0.25) is 0 Å². The van der Waals surface area contributed by atoms with Gasteiger partial charge in [0.2, 0.25) is 11.7 Å². The monoisotopic (exact) mass is 249 g/mol. The van der Waals surface area contributed by atoms with Crippen molar-refractivity contribution in [2.24, 2.45) is 18.7 Å². The molecule has 0 bridgehead atoms. The van der Waals surface area contributed by atoms with Crippen LogP contribution in [0.4, 0.5) is 0 Å². The van der Waals surface area contributed by atoms with Gasteiger partial charge in [0.15, 0.2) is 5.82 Å². The Kier molecular flexibility index (Phi) is 3.47. The van der Waals surface area contributed by atoms with Crippen LogP contribution in [0.1, 0.15) is 32.6 Å². The first-order chi connectivity index (χ1) is 8.50. The molecule has 0 amide bonds. The number of aryl methyl sites for hydroxylation is 1. The zero-order valence-corrected chi connectivity index (χ0v) is 11.2. The smallest absolute Gasteiger partial charge is 0.238 e. The zero-order chi connectivity index (χ0) is 13.3. The van der Waals surface area contributed by atoms with Crippen LogP contribution in [0.3, 0.4) is 0 Å². The van der Waals surface area contributed by atoms with E-state index in [4.69, 9.17) is 10.3 Å². The third kappa shape index (κ3) is 2.28. The summed E-state index contributed by atoms with van der Waals surface area (Å²) in [5.41, 5.74) is 5.98. The normalized spacial score (nSPS) is 15.0. The minimum Gasteiger partial charge on any atom is -0.338 e. The molecule has 2 aromatic rings. The maximum atomic E-state index is 5.98. The second kappa shape index (κ2) is 4.89. The lowest BCUT2D eigenvalue weighted by Crippen LogP contribution is -2.28. The van der Waals surface area contributed by atoms with Crippen LogP contribution < -0.4 is 5.73 Å². The molecule has 0 aromatic carbocycles. The van der Waals surface area contributed by atoms with Gasteiger partial charge >= 0.3 is 0 Å². The Morgan fingerprint density at radius 1 is 1.33 bits per heavy atom. The number of nitrogens with zero attached hydrogens (tertiary/aromatic N) is 4. The lowest BCUT2D eigenvalue weighted by Gasteiger charge is -2.20. The van der Waals surface area contributed by atoms with E-state index in [9.17, 15) is 0 Å². The molecule has 0 fully saturated rings. The molecule has 18 heavy (non-hydrogen) atoms. The topological polar surface area (TPSA) is 82.8 Å². The van der Waals surface area contributed by atoms with Crippen molar-refractivity contribution in [2.45, 2.75) is 32.7 Å². The van der Waals surface area contributed by atoms with E-state index in [0.717, 1.165) is 0 Å². The molecule has 2 heterocycles. The van der Waals surface area contributed by atoms with Crippen molar-refractivity contribution in [1.82, 2.24) is 19.7 Å². The minimum atomic E-state index is -0.0281. The highest BCUT2D eigenvalue weighted by Gasteiger charge is 2.27. The Morgan fingerprint density at radius 2 is 2.06 bits per heavy atom. The minimum absolute atomic E-state index is 0.0281. The molecule has 0 saturated heterocycles. The van der Waals surface area contributed by atoms with E-state index < -0.39 is 0 Å². The highest BCUT2D eigenvalue weighted by molar-refractivity contribution is 5.42. The van der Waals surface area contributed by atoms with Crippen LogP contribution in [0.5, 0.6) is 0 Å². The van der Waals surface area contributed by atoms with Crippen molar-refractivity contribution < 1.29 is 4.52 Å². The number of aromatic nitrogens is 4. The Hall–Kier alpha value is -1.69. The summed E-state index contributed by atoms with van der Waals surface area (Å²) in [5.74, 6) is 2.19. The number of nitrogens with two attached hydrogens (primary N) is 1. The average molecular weight is 249 g/mol. The Balaban J connectivity index is 2.33. The fraction of sp³-hybridized carbons (Fsp3) is 0.583. The van der Waals surface area contributed by atoms with Gasteiger partial charge in [-0.05, 0) is 12.8 Å². The van der Waals surface area contributed by atoms with Crippen molar-refractivity contribution in [3.63, 3.8) is 0 Å². The molecule has 0 saturated carbocycles. The predicted molar refractivity (Wildman–Crippen MR) is 67.7 cm³/mol. The summed E-state index contributed by atoms with van der Waals surface area (Å²) in [6, 6.07) is -0.0281. The molecule has 0 aliphatic heterocycles. The Morgan fingerprint density at radius 3 is 2.56 bits per heavy atom. The first-order valence-corrected chi connectivity index (χ1v) is 6.07. The third-order valence-electron chi connectivity index (χ3n) is 3.03. The molecule has 6 heteroatoms. The largest absolute Gasteiger partial charge is 0.338 e. The van der Waals surface area contributed by atoms with Crippen molar-refractivity contribution in [2.75, 3.05) is 0 Å². The lowest BCUT2D eigenvalue weighted by atomic mass is 9.90. The van der Waals surface area contributed by atoms with E-state index >= 15 is 0 Å². The zero-order valence-electron chi connectivity index (χ0n) is 11.2. The van der Waals surface area contributed by atoms with Gasteiger partial charge in [-0.3, -0.25) is 0 Å². The average Bonchev–Trinajstić information content (AvgIpc) is 2.85. The number of hydrogen-bond donors (Lipinski definition) is 1. The molecular weight excluding hydrogens is 230 g/mol. The molecule has 0 aliphatic carbocycles. The number of hydrogen-bond acceptors (Lipinski definition) is 5. The van der Waals surface area contributed by atoms with E-state index in [1.54, 1.807) is 6.20 Å². The van der Waals surface area contributed by atoms with E-state index in [1.807, 2.05) is 24.7 Å². The van der Waals surface area contributed by atoms with Gasteiger partial charge in [0.25, 0.3) is 0 Å². The summed E-state index contributed by atoms with van der Waals surface area (Å²) in [4.78, 5) is 8.61. The fourth-order valence-electron chi connectivity index (χ4n) is 2.16. The maximum absolute atomic E-state index is 5.98. The molecule has 0 radical (unpaired) electrons.